The van der Waals surface area contributed by atoms with Crippen molar-refractivity contribution in [3.05, 3.63) is 0 Å². The maximum Gasteiger partial charge on any atom is 0.0700 e. The smallest absolute Gasteiger partial charge is 0.0700 e. The van der Waals surface area contributed by atoms with E-state index >= 15 is 0 Å². The zero-order chi connectivity index (χ0) is 10.1. The Labute approximate surface area is 86.8 Å². The first kappa shape index (κ1) is 10.4. The standard InChI is InChI=1S/C11H22N2O/c1-8-6-11(7-12-8)13-4-5-14-10(3)9(13)2/h8-12H,4-7H2,1-3H3. The fourth-order valence-electron chi connectivity index (χ4n) is 2.64. The van der Waals surface area contributed by atoms with Gasteiger partial charge in [-0.1, -0.05) is 0 Å². The monoisotopic (exact) mass is 198 g/mol. The summed E-state index contributed by atoms with van der Waals surface area (Å²) in [6.45, 7) is 9.89. The van der Waals surface area contributed by atoms with E-state index in [9.17, 15) is 0 Å². The summed E-state index contributed by atoms with van der Waals surface area (Å²) in [6.07, 6.45) is 1.68. The molecule has 0 amide bonds. The van der Waals surface area contributed by atoms with Crippen LogP contribution in [-0.4, -0.2) is 48.8 Å². The zero-order valence-electron chi connectivity index (χ0n) is 9.49. The number of nitrogens with one attached hydrogen (secondary N) is 1. The summed E-state index contributed by atoms with van der Waals surface area (Å²) in [5, 5.41) is 3.52. The van der Waals surface area contributed by atoms with Crippen molar-refractivity contribution < 1.29 is 4.74 Å². The number of rotatable bonds is 1. The first-order valence-corrected chi connectivity index (χ1v) is 5.79. The van der Waals surface area contributed by atoms with Gasteiger partial charge in [-0.25, -0.2) is 0 Å². The molecule has 0 bridgehead atoms. The molecule has 2 saturated heterocycles. The highest BCUT2D eigenvalue weighted by molar-refractivity contribution is 4.90. The van der Waals surface area contributed by atoms with Gasteiger partial charge >= 0.3 is 0 Å². The van der Waals surface area contributed by atoms with E-state index in [1.165, 1.54) is 6.42 Å². The van der Waals surface area contributed by atoms with Crippen LogP contribution < -0.4 is 5.32 Å². The molecule has 2 fully saturated rings. The summed E-state index contributed by atoms with van der Waals surface area (Å²) >= 11 is 0. The van der Waals surface area contributed by atoms with Crippen molar-refractivity contribution in [2.75, 3.05) is 19.7 Å². The van der Waals surface area contributed by atoms with E-state index < -0.39 is 0 Å². The van der Waals surface area contributed by atoms with Crippen LogP contribution in [0.15, 0.2) is 0 Å². The lowest BCUT2D eigenvalue weighted by molar-refractivity contribution is -0.0688. The van der Waals surface area contributed by atoms with Crippen LogP contribution >= 0.6 is 0 Å². The number of ether oxygens (including phenoxy) is 1. The molecule has 0 aliphatic carbocycles. The van der Waals surface area contributed by atoms with Crippen LogP contribution in [0.2, 0.25) is 0 Å². The maximum atomic E-state index is 5.64. The molecule has 3 nitrogen and oxygen atoms in total. The Hall–Kier alpha value is -0.120. The molecule has 2 rings (SSSR count). The Kier molecular flexibility index (Phi) is 3.10. The van der Waals surface area contributed by atoms with E-state index in [0.717, 1.165) is 25.7 Å². The predicted molar refractivity (Wildman–Crippen MR) is 57.5 cm³/mol. The van der Waals surface area contributed by atoms with E-state index in [4.69, 9.17) is 4.74 Å². The first-order valence-electron chi connectivity index (χ1n) is 5.79. The Bertz CT molecular complexity index is 198. The summed E-state index contributed by atoms with van der Waals surface area (Å²) in [6, 6.07) is 1.98. The second-order valence-electron chi connectivity index (χ2n) is 4.75. The summed E-state index contributed by atoms with van der Waals surface area (Å²) in [5.74, 6) is 0. The van der Waals surface area contributed by atoms with Gasteiger partial charge in [-0.2, -0.15) is 0 Å². The highest BCUT2D eigenvalue weighted by Gasteiger charge is 2.33. The minimum atomic E-state index is 0.389. The summed E-state index contributed by atoms with van der Waals surface area (Å²) in [7, 11) is 0. The molecule has 0 aromatic carbocycles. The van der Waals surface area contributed by atoms with E-state index in [2.05, 4.69) is 31.0 Å². The minimum absolute atomic E-state index is 0.389. The summed E-state index contributed by atoms with van der Waals surface area (Å²) < 4.78 is 5.64. The average molecular weight is 198 g/mol. The largest absolute Gasteiger partial charge is 0.376 e. The Morgan fingerprint density at radius 1 is 1.29 bits per heavy atom. The molecule has 0 aromatic rings. The molecular weight excluding hydrogens is 176 g/mol. The Morgan fingerprint density at radius 3 is 2.71 bits per heavy atom. The van der Waals surface area contributed by atoms with Gasteiger partial charge in [0.1, 0.15) is 0 Å². The molecular formula is C11H22N2O. The van der Waals surface area contributed by atoms with E-state index in [0.29, 0.717) is 18.2 Å². The fraction of sp³-hybridized carbons (Fsp3) is 1.00. The lowest BCUT2D eigenvalue weighted by Gasteiger charge is -2.41. The van der Waals surface area contributed by atoms with Crippen LogP contribution in [0, 0.1) is 0 Å². The number of hydrogen-bond acceptors (Lipinski definition) is 3. The Morgan fingerprint density at radius 2 is 2.07 bits per heavy atom. The molecule has 82 valence electrons. The molecule has 2 heterocycles. The van der Waals surface area contributed by atoms with Crippen molar-refractivity contribution in [3.63, 3.8) is 0 Å². The van der Waals surface area contributed by atoms with E-state index in [1.807, 2.05) is 0 Å². The van der Waals surface area contributed by atoms with Gasteiger partial charge in [0.25, 0.3) is 0 Å². The number of morpholine rings is 1. The topological polar surface area (TPSA) is 24.5 Å². The van der Waals surface area contributed by atoms with Crippen LogP contribution in [0.1, 0.15) is 27.2 Å². The predicted octanol–water partition coefficient (Wildman–Crippen LogP) is 0.846. The van der Waals surface area contributed by atoms with Crippen molar-refractivity contribution in [3.8, 4) is 0 Å². The molecule has 0 aromatic heterocycles. The normalized spacial score (nSPS) is 45.6. The minimum Gasteiger partial charge on any atom is -0.376 e. The van der Waals surface area contributed by atoms with Crippen LogP contribution in [-0.2, 0) is 4.74 Å². The number of hydrogen-bond donors (Lipinski definition) is 1. The molecule has 0 spiro atoms. The van der Waals surface area contributed by atoms with Gasteiger partial charge in [0.05, 0.1) is 12.7 Å². The first-order chi connectivity index (χ1) is 6.68. The molecule has 14 heavy (non-hydrogen) atoms. The highest BCUT2D eigenvalue weighted by atomic mass is 16.5. The van der Waals surface area contributed by atoms with E-state index in [1.54, 1.807) is 0 Å². The molecule has 4 atom stereocenters. The van der Waals surface area contributed by atoms with Gasteiger partial charge in [0.2, 0.25) is 0 Å². The van der Waals surface area contributed by atoms with Gasteiger partial charge in [0.15, 0.2) is 0 Å². The number of nitrogens with zero attached hydrogens (tertiary/aromatic N) is 1. The summed E-state index contributed by atoms with van der Waals surface area (Å²) in [4.78, 5) is 2.62. The zero-order valence-corrected chi connectivity index (χ0v) is 9.49. The Balaban J connectivity index is 1.95. The van der Waals surface area contributed by atoms with Gasteiger partial charge in [-0.3, -0.25) is 4.90 Å². The van der Waals surface area contributed by atoms with Crippen LogP contribution in [0.4, 0.5) is 0 Å². The molecule has 0 saturated carbocycles. The second kappa shape index (κ2) is 4.17. The second-order valence-corrected chi connectivity index (χ2v) is 4.75. The third-order valence-electron chi connectivity index (χ3n) is 3.73. The van der Waals surface area contributed by atoms with Crippen molar-refractivity contribution in [1.82, 2.24) is 10.2 Å². The molecule has 4 unspecified atom stereocenters. The molecule has 0 radical (unpaired) electrons. The average Bonchev–Trinajstić information content (AvgIpc) is 2.57. The molecule has 2 aliphatic rings. The van der Waals surface area contributed by atoms with Crippen molar-refractivity contribution in [2.45, 2.75) is 51.4 Å². The SMILES string of the molecule is CC1CC(N2CCOC(C)C2C)CN1. The van der Waals surface area contributed by atoms with Crippen LogP contribution in [0.25, 0.3) is 0 Å². The van der Waals surface area contributed by atoms with Gasteiger partial charge in [0, 0.05) is 31.2 Å². The summed E-state index contributed by atoms with van der Waals surface area (Å²) in [5.41, 5.74) is 0. The quantitative estimate of drug-likeness (QED) is 0.676. The molecule has 3 heteroatoms. The van der Waals surface area contributed by atoms with Gasteiger partial charge < -0.3 is 10.1 Å². The fourth-order valence-corrected chi connectivity index (χ4v) is 2.64. The van der Waals surface area contributed by atoms with Crippen molar-refractivity contribution in [2.24, 2.45) is 0 Å². The third-order valence-corrected chi connectivity index (χ3v) is 3.73. The highest BCUT2D eigenvalue weighted by Crippen LogP contribution is 2.21. The lowest BCUT2D eigenvalue weighted by atomic mass is 10.1. The lowest BCUT2D eigenvalue weighted by Crippen LogP contribution is -2.53. The van der Waals surface area contributed by atoms with E-state index in [-0.39, 0.29) is 0 Å². The molecule has 2 aliphatic heterocycles. The van der Waals surface area contributed by atoms with Crippen LogP contribution in [0.5, 0.6) is 0 Å². The molecule has 1 N–H and O–H groups in total. The van der Waals surface area contributed by atoms with Gasteiger partial charge in [-0.05, 0) is 27.2 Å². The van der Waals surface area contributed by atoms with Gasteiger partial charge in [-0.15, -0.1) is 0 Å². The van der Waals surface area contributed by atoms with Crippen LogP contribution in [0.3, 0.4) is 0 Å². The third kappa shape index (κ3) is 1.95. The van der Waals surface area contributed by atoms with Crippen molar-refractivity contribution >= 4 is 0 Å². The van der Waals surface area contributed by atoms with Crippen molar-refractivity contribution in [1.29, 1.82) is 0 Å². The maximum absolute atomic E-state index is 5.64.